The Kier molecular flexibility index (Phi) is 9.45. The van der Waals surface area contributed by atoms with E-state index in [4.69, 9.17) is 9.72 Å². The third kappa shape index (κ3) is 7.26. The lowest BCUT2D eigenvalue weighted by atomic mass is 10.1. The molecule has 1 atom stereocenters. The van der Waals surface area contributed by atoms with Gasteiger partial charge >= 0.3 is 11.8 Å². The Balaban J connectivity index is 1.76. The number of rotatable bonds is 8. The van der Waals surface area contributed by atoms with Gasteiger partial charge in [0.15, 0.2) is 16.9 Å². The number of nitrogens with one attached hydrogen (secondary N) is 2. The Hall–Kier alpha value is -4.68. The number of alkyl carbamates (subject to hydrolysis) is 1. The Morgan fingerprint density at radius 1 is 1.09 bits per heavy atom. The number of carbonyl (C=O) groups is 3. The first kappa shape index (κ1) is 32.2. The van der Waals surface area contributed by atoms with Crippen LogP contribution in [0.4, 0.5) is 16.4 Å². The molecule has 1 aromatic carbocycles. The fourth-order valence-electron chi connectivity index (χ4n) is 5.19. The number of imidazole rings is 1. The number of carbonyl (C=O) groups excluding carboxylic acids is 3. The highest BCUT2D eigenvalue weighted by Gasteiger charge is 2.29. The maximum absolute atomic E-state index is 14.0. The number of fused-ring (bicyclic) bond motifs is 1. The molecular weight excluding hydrogens is 566 g/mol. The van der Waals surface area contributed by atoms with Crippen LogP contribution < -0.4 is 26.8 Å². The second-order valence-electron chi connectivity index (χ2n) is 12.3. The van der Waals surface area contributed by atoms with Crippen LogP contribution in [0, 0.1) is 0 Å². The molecule has 0 saturated carbocycles. The number of ketones is 1. The number of nitrogens with zero attached hydrogens (tertiary/aromatic N) is 5. The van der Waals surface area contributed by atoms with E-state index in [1.54, 1.807) is 43.5 Å². The van der Waals surface area contributed by atoms with E-state index < -0.39 is 35.3 Å². The van der Waals surface area contributed by atoms with Crippen molar-refractivity contribution in [1.82, 2.24) is 24.0 Å². The third-order valence-corrected chi connectivity index (χ3v) is 7.16. The maximum atomic E-state index is 14.0. The van der Waals surface area contributed by atoms with Crippen molar-refractivity contribution in [2.45, 2.75) is 79.1 Å². The first-order valence-electron chi connectivity index (χ1n) is 14.6. The molecule has 2 amide bonds. The number of benzene rings is 1. The van der Waals surface area contributed by atoms with E-state index in [1.807, 2.05) is 24.8 Å². The summed E-state index contributed by atoms with van der Waals surface area (Å²) in [6, 6.07) is 6.24. The van der Waals surface area contributed by atoms with Crippen LogP contribution in [-0.4, -0.2) is 61.2 Å². The molecule has 3 heterocycles. The molecular formula is C31H41N7O6. The zero-order valence-electron chi connectivity index (χ0n) is 26.4. The predicted octanol–water partition coefficient (Wildman–Crippen LogP) is 3.20. The van der Waals surface area contributed by atoms with Gasteiger partial charge in [-0.2, -0.15) is 4.98 Å². The first-order valence-corrected chi connectivity index (χ1v) is 14.6. The van der Waals surface area contributed by atoms with Crippen LogP contribution in [-0.2, 0) is 29.7 Å². The SMILES string of the molecule is CC(=O)Nc1ccccc1C(=O)Cn1c(=O)c2c(nc(N3CCC[C@H](NC(=O)OC(C)(C)C)C3)n2CC=C(C)C)n(C)c1=O. The summed E-state index contributed by atoms with van der Waals surface area (Å²) < 4.78 is 9.37. The average molecular weight is 608 g/mol. The molecule has 0 bridgehead atoms. The molecule has 1 fully saturated rings. The monoisotopic (exact) mass is 607 g/mol. The molecule has 1 aliphatic heterocycles. The molecule has 0 spiro atoms. The van der Waals surface area contributed by atoms with Crippen molar-refractivity contribution < 1.29 is 19.1 Å². The number of para-hydroxylation sites is 1. The molecule has 1 aliphatic rings. The molecule has 1 saturated heterocycles. The Labute approximate surface area is 255 Å². The highest BCUT2D eigenvalue weighted by Crippen LogP contribution is 2.24. The highest BCUT2D eigenvalue weighted by molar-refractivity contribution is 6.04. The van der Waals surface area contributed by atoms with Gasteiger partial charge in [0.1, 0.15) is 5.60 Å². The highest BCUT2D eigenvalue weighted by atomic mass is 16.6. The Bertz CT molecular complexity index is 1740. The first-order chi connectivity index (χ1) is 20.7. The van der Waals surface area contributed by atoms with Gasteiger partial charge in [-0.05, 0) is 59.6 Å². The number of allylic oxidation sites excluding steroid dienone is 2. The van der Waals surface area contributed by atoms with Crippen LogP contribution in [0.25, 0.3) is 11.2 Å². The molecule has 0 unspecified atom stereocenters. The molecule has 44 heavy (non-hydrogen) atoms. The number of anilines is 2. The van der Waals surface area contributed by atoms with Crippen molar-refractivity contribution in [2.24, 2.45) is 7.05 Å². The van der Waals surface area contributed by atoms with Crippen LogP contribution in [0.3, 0.4) is 0 Å². The van der Waals surface area contributed by atoms with Crippen LogP contribution in [0.5, 0.6) is 0 Å². The van der Waals surface area contributed by atoms with E-state index >= 15 is 0 Å². The van der Waals surface area contributed by atoms with Crippen molar-refractivity contribution in [1.29, 1.82) is 0 Å². The average Bonchev–Trinajstić information content (AvgIpc) is 3.32. The summed E-state index contributed by atoms with van der Waals surface area (Å²) in [6.07, 6.45) is 2.96. The minimum Gasteiger partial charge on any atom is -0.444 e. The third-order valence-electron chi connectivity index (χ3n) is 7.16. The van der Waals surface area contributed by atoms with E-state index in [2.05, 4.69) is 10.6 Å². The lowest BCUT2D eigenvalue weighted by molar-refractivity contribution is -0.114. The van der Waals surface area contributed by atoms with E-state index in [0.29, 0.717) is 31.3 Å². The molecule has 4 rings (SSSR count). The summed E-state index contributed by atoms with van der Waals surface area (Å²) >= 11 is 0. The lowest BCUT2D eigenvalue weighted by Crippen LogP contribution is -2.49. The van der Waals surface area contributed by atoms with Gasteiger partial charge in [-0.15, -0.1) is 0 Å². The van der Waals surface area contributed by atoms with Crippen molar-refractivity contribution in [3.05, 3.63) is 62.3 Å². The number of piperidine rings is 1. The summed E-state index contributed by atoms with van der Waals surface area (Å²) in [5, 5.41) is 5.56. The van der Waals surface area contributed by atoms with Crippen LogP contribution >= 0.6 is 0 Å². The van der Waals surface area contributed by atoms with Gasteiger partial charge < -0.3 is 24.8 Å². The molecule has 0 radical (unpaired) electrons. The maximum Gasteiger partial charge on any atom is 0.407 e. The molecule has 2 aromatic heterocycles. The molecule has 2 N–H and O–H groups in total. The van der Waals surface area contributed by atoms with Crippen molar-refractivity contribution >= 4 is 40.6 Å². The normalized spacial score (nSPS) is 15.2. The largest absolute Gasteiger partial charge is 0.444 e. The molecule has 0 aliphatic carbocycles. The van der Waals surface area contributed by atoms with Gasteiger partial charge in [-0.25, -0.2) is 9.59 Å². The Morgan fingerprint density at radius 3 is 2.45 bits per heavy atom. The zero-order chi connectivity index (χ0) is 32.3. The number of aromatic nitrogens is 4. The minimum atomic E-state index is -0.686. The van der Waals surface area contributed by atoms with Gasteiger partial charge in [0.25, 0.3) is 5.56 Å². The van der Waals surface area contributed by atoms with Gasteiger partial charge in [0.05, 0.1) is 12.2 Å². The summed E-state index contributed by atoms with van der Waals surface area (Å²) in [5.74, 6) is -0.368. The van der Waals surface area contributed by atoms with Crippen molar-refractivity contribution in [2.75, 3.05) is 23.3 Å². The summed E-state index contributed by atoms with van der Waals surface area (Å²) in [4.78, 5) is 71.7. The smallest absolute Gasteiger partial charge is 0.407 e. The van der Waals surface area contributed by atoms with Gasteiger partial charge in [-0.1, -0.05) is 23.8 Å². The number of ether oxygens (including phenoxy) is 1. The van der Waals surface area contributed by atoms with Crippen LogP contribution in [0.15, 0.2) is 45.5 Å². The fraction of sp³-hybridized carbons (Fsp3) is 0.484. The standard InChI is InChI=1S/C31H41N7O6/c1-19(2)14-16-37-25-26(34-28(37)36-15-10-11-21(17-36)33-29(42)44-31(4,5)6)35(7)30(43)38(27(25)41)18-24(40)22-12-8-9-13-23(22)32-20(3)39/h8-9,12-14,21H,10-11,15-18H2,1-7H3,(H,32,39)(H,33,42)/t21-/m0/s1. The Morgan fingerprint density at radius 2 is 1.80 bits per heavy atom. The van der Waals surface area contributed by atoms with Gasteiger partial charge in [-0.3, -0.25) is 23.5 Å². The van der Waals surface area contributed by atoms with E-state index in [1.165, 1.54) is 24.6 Å². The number of Topliss-reactive ketones (excluding diaryl/α,β-unsaturated/α-hetero) is 1. The van der Waals surface area contributed by atoms with Crippen LogP contribution in [0.1, 0.15) is 64.7 Å². The minimum absolute atomic E-state index is 0.185. The van der Waals surface area contributed by atoms with Crippen LogP contribution in [0.2, 0.25) is 0 Å². The number of hydrogen-bond donors (Lipinski definition) is 2. The van der Waals surface area contributed by atoms with Gasteiger partial charge in [0.2, 0.25) is 11.9 Å². The second kappa shape index (κ2) is 12.9. The van der Waals surface area contributed by atoms with E-state index in [-0.39, 0.29) is 28.7 Å². The number of amides is 2. The molecule has 13 nitrogen and oxygen atoms in total. The van der Waals surface area contributed by atoms with E-state index in [0.717, 1.165) is 23.0 Å². The number of aryl methyl sites for hydroxylation is 1. The summed E-state index contributed by atoms with van der Waals surface area (Å²) in [5.41, 5.74) is -0.0696. The molecule has 3 aromatic rings. The van der Waals surface area contributed by atoms with E-state index in [9.17, 15) is 24.0 Å². The lowest BCUT2D eigenvalue weighted by Gasteiger charge is -2.34. The topological polar surface area (TPSA) is 150 Å². The fourth-order valence-corrected chi connectivity index (χ4v) is 5.19. The molecule has 236 valence electrons. The van der Waals surface area contributed by atoms with Crippen molar-refractivity contribution in [3.63, 3.8) is 0 Å². The summed E-state index contributed by atoms with van der Waals surface area (Å²) in [7, 11) is 1.52. The quantitative estimate of drug-likeness (QED) is 0.293. The second-order valence-corrected chi connectivity index (χ2v) is 12.3. The number of hydrogen-bond acceptors (Lipinski definition) is 8. The molecule has 13 heteroatoms. The summed E-state index contributed by atoms with van der Waals surface area (Å²) in [6.45, 7) is 11.5. The van der Waals surface area contributed by atoms with Crippen molar-refractivity contribution in [3.8, 4) is 0 Å². The zero-order valence-corrected chi connectivity index (χ0v) is 26.4. The predicted molar refractivity (Wildman–Crippen MR) is 168 cm³/mol. The van der Waals surface area contributed by atoms with Gasteiger partial charge in [0, 0.05) is 45.2 Å².